The summed E-state index contributed by atoms with van der Waals surface area (Å²) >= 11 is 0. The van der Waals surface area contributed by atoms with Gasteiger partial charge in [-0.15, -0.1) is 0 Å². The van der Waals surface area contributed by atoms with Crippen LogP contribution >= 0.6 is 0 Å². The number of hydrogen-bond acceptors (Lipinski definition) is 9. The van der Waals surface area contributed by atoms with Crippen molar-refractivity contribution in [1.29, 1.82) is 0 Å². The summed E-state index contributed by atoms with van der Waals surface area (Å²) in [5, 5.41) is 2.61. The lowest BCUT2D eigenvalue weighted by Gasteiger charge is -2.29. The van der Waals surface area contributed by atoms with Crippen molar-refractivity contribution >= 4 is 40.8 Å². The summed E-state index contributed by atoms with van der Waals surface area (Å²) in [5.41, 5.74) is 13.2. The number of anilines is 1. The van der Waals surface area contributed by atoms with Gasteiger partial charge in [-0.3, -0.25) is 10.5 Å². The first-order valence-electron chi connectivity index (χ1n) is 8.73. The van der Waals surface area contributed by atoms with E-state index >= 15 is 0 Å². The lowest BCUT2D eigenvalue weighted by atomic mass is 10.1. The van der Waals surface area contributed by atoms with Crippen molar-refractivity contribution in [2.24, 2.45) is 20.7 Å². The molecule has 2 aliphatic heterocycles. The zero-order valence-corrected chi connectivity index (χ0v) is 15.2. The molecule has 0 saturated heterocycles. The van der Waals surface area contributed by atoms with Gasteiger partial charge < -0.3 is 16.0 Å². The van der Waals surface area contributed by atoms with Crippen molar-refractivity contribution in [2.45, 2.75) is 45.3 Å². The number of hydrogen-bond donors (Lipinski definition) is 4. The molecule has 0 aromatic carbocycles. The summed E-state index contributed by atoms with van der Waals surface area (Å²) in [5.74, 6) is 0.265. The third-order valence-electron chi connectivity index (χ3n) is 3.89. The molecule has 11 nitrogen and oxygen atoms in total. The third-order valence-corrected chi connectivity index (χ3v) is 3.89. The SMILES string of the molecule is CCCC1(N)N=C2N=CN=C2C(=O)N1.CCCc1nc(N)c2[nH]cnc2n1. The van der Waals surface area contributed by atoms with E-state index in [-0.39, 0.29) is 11.6 Å². The minimum atomic E-state index is -1.01. The Kier molecular flexibility index (Phi) is 5.21. The Bertz CT molecular complexity index is 944. The van der Waals surface area contributed by atoms with Crippen LogP contribution in [-0.4, -0.2) is 49.5 Å². The zero-order valence-electron chi connectivity index (χ0n) is 15.2. The molecule has 0 bridgehead atoms. The van der Waals surface area contributed by atoms with Crippen molar-refractivity contribution in [3.05, 3.63) is 12.2 Å². The first kappa shape index (κ1) is 18.6. The molecule has 4 heterocycles. The number of rotatable bonds is 4. The van der Waals surface area contributed by atoms with E-state index in [9.17, 15) is 4.79 Å². The van der Waals surface area contributed by atoms with Crippen molar-refractivity contribution in [3.8, 4) is 0 Å². The van der Waals surface area contributed by atoms with Crippen LogP contribution in [0.3, 0.4) is 0 Å². The number of nitrogens with two attached hydrogens (primary N) is 2. The smallest absolute Gasteiger partial charge is 0.276 e. The maximum atomic E-state index is 11.5. The van der Waals surface area contributed by atoms with E-state index in [0.717, 1.165) is 30.6 Å². The van der Waals surface area contributed by atoms with Crippen LogP contribution in [-0.2, 0) is 11.2 Å². The minimum Gasteiger partial charge on any atom is -0.382 e. The number of aliphatic imine (C=N–C) groups is 3. The molecule has 1 amide bonds. The number of carbonyl (C=O) groups excluding carboxylic acids is 1. The van der Waals surface area contributed by atoms with E-state index in [4.69, 9.17) is 11.5 Å². The Hall–Kier alpha value is -3.21. The van der Waals surface area contributed by atoms with Crippen molar-refractivity contribution in [1.82, 2.24) is 25.3 Å². The number of aromatic amines is 1. The van der Waals surface area contributed by atoms with Gasteiger partial charge >= 0.3 is 0 Å². The molecule has 2 aliphatic rings. The van der Waals surface area contributed by atoms with E-state index in [1.165, 1.54) is 6.34 Å². The van der Waals surface area contributed by atoms with Gasteiger partial charge in [-0.25, -0.2) is 29.9 Å². The number of carbonyl (C=O) groups is 1. The number of amides is 1. The zero-order chi connectivity index (χ0) is 19.4. The van der Waals surface area contributed by atoms with Crippen molar-refractivity contribution < 1.29 is 4.79 Å². The van der Waals surface area contributed by atoms with Crippen LogP contribution in [0, 0.1) is 0 Å². The van der Waals surface area contributed by atoms with E-state index in [1.807, 2.05) is 6.92 Å². The molecule has 1 unspecified atom stereocenters. The number of nitrogen functional groups attached to an aromatic ring is 1. The van der Waals surface area contributed by atoms with Gasteiger partial charge in [-0.05, 0) is 6.42 Å². The number of H-pyrrole nitrogens is 1. The Balaban J connectivity index is 0.000000156. The Morgan fingerprint density at radius 2 is 2.04 bits per heavy atom. The maximum Gasteiger partial charge on any atom is 0.276 e. The fourth-order valence-corrected chi connectivity index (χ4v) is 2.71. The van der Waals surface area contributed by atoms with Gasteiger partial charge in [0.15, 0.2) is 28.8 Å². The van der Waals surface area contributed by atoms with Crippen LogP contribution in [0.2, 0.25) is 0 Å². The summed E-state index contributed by atoms with van der Waals surface area (Å²) < 4.78 is 0. The first-order valence-corrected chi connectivity index (χ1v) is 8.73. The van der Waals surface area contributed by atoms with Gasteiger partial charge in [0.05, 0.1) is 6.33 Å². The van der Waals surface area contributed by atoms with Gasteiger partial charge in [-0.2, -0.15) is 0 Å². The summed E-state index contributed by atoms with van der Waals surface area (Å²) in [4.78, 5) is 38.6. The molecular formula is C16H22N10O. The van der Waals surface area contributed by atoms with Crippen molar-refractivity contribution in [3.63, 3.8) is 0 Å². The highest BCUT2D eigenvalue weighted by Gasteiger charge is 2.36. The highest BCUT2D eigenvalue weighted by molar-refractivity contribution is 6.69. The molecule has 0 radical (unpaired) electrons. The van der Waals surface area contributed by atoms with Crippen LogP contribution < -0.4 is 16.8 Å². The monoisotopic (exact) mass is 370 g/mol. The number of nitrogens with zero attached hydrogens (tertiary/aromatic N) is 6. The molecule has 0 aliphatic carbocycles. The first-order chi connectivity index (χ1) is 13.0. The Morgan fingerprint density at radius 1 is 1.22 bits per heavy atom. The topological polar surface area (TPSA) is 173 Å². The van der Waals surface area contributed by atoms with Crippen LogP contribution in [0.5, 0.6) is 0 Å². The summed E-state index contributed by atoms with van der Waals surface area (Å²) in [6.45, 7) is 4.05. The number of aromatic nitrogens is 4. The lowest BCUT2D eigenvalue weighted by molar-refractivity contribution is -0.116. The van der Waals surface area contributed by atoms with Crippen LogP contribution in [0.1, 0.15) is 38.9 Å². The average molecular weight is 370 g/mol. The van der Waals surface area contributed by atoms with E-state index in [1.54, 1.807) is 6.33 Å². The predicted octanol–water partition coefficient (Wildman–Crippen LogP) is 0.298. The second-order valence-electron chi connectivity index (χ2n) is 6.16. The molecule has 11 heteroatoms. The van der Waals surface area contributed by atoms with Gasteiger partial charge in [-0.1, -0.05) is 20.3 Å². The predicted molar refractivity (Wildman–Crippen MR) is 103 cm³/mol. The Labute approximate surface area is 155 Å². The van der Waals surface area contributed by atoms with Gasteiger partial charge in [0.2, 0.25) is 0 Å². The molecule has 0 spiro atoms. The molecule has 1 atom stereocenters. The van der Waals surface area contributed by atoms with Gasteiger partial charge in [0.1, 0.15) is 17.7 Å². The molecule has 2 aromatic heterocycles. The maximum absolute atomic E-state index is 11.5. The van der Waals surface area contributed by atoms with E-state index in [2.05, 4.69) is 47.2 Å². The number of aryl methyl sites for hydroxylation is 1. The summed E-state index contributed by atoms with van der Waals surface area (Å²) in [6.07, 6.45) is 6.16. The van der Waals surface area contributed by atoms with Crippen LogP contribution in [0.4, 0.5) is 5.82 Å². The quantitative estimate of drug-likeness (QED) is 0.602. The second kappa shape index (κ2) is 7.58. The fourth-order valence-electron chi connectivity index (χ4n) is 2.71. The molecule has 0 fully saturated rings. The number of nitrogens with one attached hydrogen (secondary N) is 2. The number of fused-ring (bicyclic) bond motifs is 2. The summed E-state index contributed by atoms with van der Waals surface area (Å²) in [7, 11) is 0. The van der Waals surface area contributed by atoms with Crippen LogP contribution in [0.25, 0.3) is 11.2 Å². The molecule has 142 valence electrons. The second-order valence-corrected chi connectivity index (χ2v) is 6.16. The molecule has 4 rings (SSSR count). The normalized spacial score (nSPS) is 20.5. The number of imidazole rings is 1. The largest absolute Gasteiger partial charge is 0.382 e. The van der Waals surface area contributed by atoms with Crippen molar-refractivity contribution in [2.75, 3.05) is 5.73 Å². The van der Waals surface area contributed by atoms with Gasteiger partial charge in [0.25, 0.3) is 5.91 Å². The molecule has 0 saturated carbocycles. The fraction of sp³-hybridized carbons (Fsp3) is 0.438. The van der Waals surface area contributed by atoms with E-state index in [0.29, 0.717) is 23.7 Å². The molecule has 27 heavy (non-hydrogen) atoms. The average Bonchev–Trinajstić information content (AvgIpc) is 3.25. The van der Waals surface area contributed by atoms with E-state index < -0.39 is 5.79 Å². The van der Waals surface area contributed by atoms with Crippen LogP contribution in [0.15, 0.2) is 21.3 Å². The third kappa shape index (κ3) is 3.97. The molecular weight excluding hydrogens is 348 g/mol. The molecule has 2 aromatic rings. The van der Waals surface area contributed by atoms with Gasteiger partial charge in [0, 0.05) is 12.8 Å². The molecule has 6 N–H and O–H groups in total. The highest BCUT2D eigenvalue weighted by Crippen LogP contribution is 2.15. The highest BCUT2D eigenvalue weighted by atomic mass is 16.2. The minimum absolute atomic E-state index is 0.252. The Morgan fingerprint density at radius 3 is 2.78 bits per heavy atom. The summed E-state index contributed by atoms with van der Waals surface area (Å²) in [6, 6.07) is 0. The number of amidine groups is 1. The lowest BCUT2D eigenvalue weighted by Crippen LogP contribution is -2.60. The standard InChI is InChI=1S/C8H11N5O.C8H11N5/c1-2-3-8(9)12-6-5(7(14)13-8)10-4-11-6;1-2-3-5-12-7(9)6-8(13-5)11-4-10-6/h4H,2-3,9H2,1H3,(H,13,14);4H,2-3H2,1H3,(H3,9,10,11,12,13).